The fourth-order valence-corrected chi connectivity index (χ4v) is 1.97. The van der Waals surface area contributed by atoms with Crippen LogP contribution in [0.2, 0.25) is 5.02 Å². The van der Waals surface area contributed by atoms with E-state index in [0.29, 0.717) is 5.02 Å². The normalized spacial score (nSPS) is 27.0. The van der Waals surface area contributed by atoms with Gasteiger partial charge in [0.25, 0.3) is 0 Å². The number of fused-ring (bicyclic) bond motifs is 1. The molecule has 0 spiro atoms. The van der Waals surface area contributed by atoms with Gasteiger partial charge in [-0.25, -0.2) is 0 Å². The summed E-state index contributed by atoms with van der Waals surface area (Å²) in [5.41, 5.74) is 8.05. The van der Waals surface area contributed by atoms with Gasteiger partial charge in [-0.1, -0.05) is 17.7 Å². The summed E-state index contributed by atoms with van der Waals surface area (Å²) in [6.07, 6.45) is 1.21. The number of hydrogen-bond acceptors (Lipinski definition) is 2. The van der Waals surface area contributed by atoms with Crippen LogP contribution in [0.15, 0.2) is 18.2 Å². The average Bonchev–Trinajstić information content (AvgIpc) is 2.12. The van der Waals surface area contributed by atoms with Gasteiger partial charge in [0, 0.05) is 5.02 Å². The molecule has 0 heterocycles. The van der Waals surface area contributed by atoms with Crippen molar-refractivity contribution in [2.75, 3.05) is 0 Å². The molecule has 2 rings (SSSR count). The zero-order chi connectivity index (χ0) is 9.42. The Morgan fingerprint density at radius 2 is 2.23 bits per heavy atom. The van der Waals surface area contributed by atoms with E-state index in [0.717, 1.165) is 18.4 Å². The Kier molecular flexibility index (Phi) is 2.28. The Bertz CT molecular complexity index is 327. The maximum absolute atomic E-state index is 9.55. The molecule has 1 aromatic carbocycles. The molecule has 0 aromatic heterocycles. The van der Waals surface area contributed by atoms with Crippen LogP contribution in [-0.4, -0.2) is 11.2 Å². The quantitative estimate of drug-likeness (QED) is 0.665. The number of aryl methyl sites for hydroxylation is 1. The first-order chi connectivity index (χ1) is 6.18. The molecule has 3 heteroatoms. The standard InChI is InChI=1S/C10H12ClNO/c11-7-3-1-6-2-4-9(13)10(12)8(6)5-7/h1,3,5,9-10,13H,2,4,12H2/t9-,10+/m1/s1. The highest BCUT2D eigenvalue weighted by molar-refractivity contribution is 6.30. The van der Waals surface area contributed by atoms with Crippen LogP contribution in [0, 0.1) is 0 Å². The Morgan fingerprint density at radius 3 is 3.00 bits per heavy atom. The van der Waals surface area contributed by atoms with Crippen molar-refractivity contribution >= 4 is 11.6 Å². The molecule has 1 aliphatic rings. The van der Waals surface area contributed by atoms with Gasteiger partial charge in [-0.3, -0.25) is 0 Å². The number of hydrogen-bond donors (Lipinski definition) is 2. The van der Waals surface area contributed by atoms with E-state index in [-0.39, 0.29) is 6.04 Å². The lowest BCUT2D eigenvalue weighted by Crippen LogP contribution is -2.31. The predicted molar refractivity (Wildman–Crippen MR) is 52.7 cm³/mol. The first-order valence-corrected chi connectivity index (χ1v) is 4.78. The van der Waals surface area contributed by atoms with Gasteiger partial charge in [0.15, 0.2) is 0 Å². The number of benzene rings is 1. The van der Waals surface area contributed by atoms with Crippen molar-refractivity contribution in [1.29, 1.82) is 0 Å². The molecule has 0 unspecified atom stereocenters. The van der Waals surface area contributed by atoms with E-state index in [2.05, 4.69) is 0 Å². The number of nitrogens with two attached hydrogens (primary N) is 1. The van der Waals surface area contributed by atoms with Crippen molar-refractivity contribution in [3.63, 3.8) is 0 Å². The SMILES string of the molecule is N[C@H]1c2cc(Cl)ccc2CC[C@H]1O. The molecular formula is C10H12ClNO. The third kappa shape index (κ3) is 1.57. The first-order valence-electron chi connectivity index (χ1n) is 4.40. The zero-order valence-electron chi connectivity index (χ0n) is 7.20. The number of aliphatic hydroxyl groups is 1. The van der Waals surface area contributed by atoms with E-state index >= 15 is 0 Å². The number of rotatable bonds is 0. The van der Waals surface area contributed by atoms with Crippen molar-refractivity contribution in [1.82, 2.24) is 0 Å². The highest BCUT2D eigenvalue weighted by atomic mass is 35.5. The molecule has 1 aliphatic carbocycles. The minimum absolute atomic E-state index is 0.276. The van der Waals surface area contributed by atoms with E-state index in [1.807, 2.05) is 18.2 Å². The van der Waals surface area contributed by atoms with Crippen LogP contribution in [0.5, 0.6) is 0 Å². The fourth-order valence-electron chi connectivity index (χ4n) is 1.79. The van der Waals surface area contributed by atoms with E-state index < -0.39 is 6.10 Å². The van der Waals surface area contributed by atoms with Crippen LogP contribution in [0.1, 0.15) is 23.6 Å². The molecule has 70 valence electrons. The molecule has 0 saturated heterocycles. The molecule has 1 aromatic rings. The summed E-state index contributed by atoms with van der Waals surface area (Å²) in [6.45, 7) is 0. The maximum Gasteiger partial charge on any atom is 0.0736 e. The van der Waals surface area contributed by atoms with Gasteiger partial charge >= 0.3 is 0 Å². The summed E-state index contributed by atoms with van der Waals surface area (Å²) in [5, 5.41) is 10.2. The van der Waals surface area contributed by atoms with Gasteiger partial charge < -0.3 is 10.8 Å². The Hall–Kier alpha value is -0.570. The molecule has 13 heavy (non-hydrogen) atoms. The lowest BCUT2D eigenvalue weighted by Gasteiger charge is -2.27. The smallest absolute Gasteiger partial charge is 0.0736 e. The minimum Gasteiger partial charge on any atom is -0.391 e. The summed E-state index contributed by atoms with van der Waals surface area (Å²) in [5.74, 6) is 0. The van der Waals surface area contributed by atoms with Crippen LogP contribution < -0.4 is 5.73 Å². The van der Waals surface area contributed by atoms with Crippen LogP contribution in [-0.2, 0) is 6.42 Å². The topological polar surface area (TPSA) is 46.2 Å². The van der Waals surface area contributed by atoms with Crippen molar-refractivity contribution in [2.24, 2.45) is 5.73 Å². The third-order valence-electron chi connectivity index (χ3n) is 2.59. The molecule has 0 saturated carbocycles. The molecule has 2 atom stereocenters. The Morgan fingerprint density at radius 1 is 1.46 bits per heavy atom. The molecule has 0 fully saturated rings. The molecule has 0 radical (unpaired) electrons. The summed E-state index contributed by atoms with van der Waals surface area (Å²) in [6, 6.07) is 5.43. The van der Waals surface area contributed by atoms with Crippen molar-refractivity contribution in [3.8, 4) is 0 Å². The zero-order valence-corrected chi connectivity index (χ0v) is 7.96. The minimum atomic E-state index is -0.425. The maximum atomic E-state index is 9.55. The van der Waals surface area contributed by atoms with E-state index in [1.165, 1.54) is 5.56 Å². The average molecular weight is 198 g/mol. The van der Waals surface area contributed by atoms with Crippen molar-refractivity contribution in [3.05, 3.63) is 34.3 Å². The highest BCUT2D eigenvalue weighted by Crippen LogP contribution is 2.30. The second kappa shape index (κ2) is 3.29. The number of aliphatic hydroxyl groups excluding tert-OH is 1. The van der Waals surface area contributed by atoms with E-state index in [9.17, 15) is 5.11 Å². The Balaban J connectivity index is 2.45. The molecule has 2 nitrogen and oxygen atoms in total. The molecular weight excluding hydrogens is 186 g/mol. The van der Waals surface area contributed by atoms with Crippen LogP contribution in [0.3, 0.4) is 0 Å². The fraction of sp³-hybridized carbons (Fsp3) is 0.400. The van der Waals surface area contributed by atoms with Gasteiger partial charge in [-0.2, -0.15) is 0 Å². The van der Waals surface area contributed by atoms with Crippen molar-refractivity contribution < 1.29 is 5.11 Å². The van der Waals surface area contributed by atoms with E-state index in [1.54, 1.807) is 0 Å². The van der Waals surface area contributed by atoms with Crippen LogP contribution in [0.25, 0.3) is 0 Å². The summed E-state index contributed by atoms with van der Waals surface area (Å²) in [4.78, 5) is 0. The summed E-state index contributed by atoms with van der Waals surface area (Å²) >= 11 is 5.85. The van der Waals surface area contributed by atoms with Crippen LogP contribution in [0.4, 0.5) is 0 Å². The predicted octanol–water partition coefficient (Wildman–Crippen LogP) is 1.65. The summed E-state index contributed by atoms with van der Waals surface area (Å²) < 4.78 is 0. The molecule has 3 N–H and O–H groups in total. The van der Waals surface area contributed by atoms with Crippen molar-refractivity contribution in [2.45, 2.75) is 25.0 Å². The summed E-state index contributed by atoms with van der Waals surface area (Å²) in [7, 11) is 0. The van der Waals surface area contributed by atoms with Gasteiger partial charge in [-0.05, 0) is 36.1 Å². The monoisotopic (exact) mass is 197 g/mol. The first kappa shape index (κ1) is 9.00. The van der Waals surface area contributed by atoms with Crippen LogP contribution >= 0.6 is 11.6 Å². The van der Waals surface area contributed by atoms with Gasteiger partial charge in [0.2, 0.25) is 0 Å². The largest absolute Gasteiger partial charge is 0.391 e. The van der Waals surface area contributed by atoms with E-state index in [4.69, 9.17) is 17.3 Å². The van der Waals surface area contributed by atoms with Gasteiger partial charge in [0.05, 0.1) is 12.1 Å². The molecule has 0 aliphatic heterocycles. The second-order valence-corrected chi connectivity index (χ2v) is 3.91. The molecule has 0 bridgehead atoms. The highest BCUT2D eigenvalue weighted by Gasteiger charge is 2.24. The number of halogens is 1. The molecule has 0 amide bonds. The lowest BCUT2D eigenvalue weighted by molar-refractivity contribution is 0.128. The van der Waals surface area contributed by atoms with Gasteiger partial charge in [0.1, 0.15) is 0 Å². The third-order valence-corrected chi connectivity index (χ3v) is 2.83. The second-order valence-electron chi connectivity index (χ2n) is 3.47. The lowest BCUT2D eigenvalue weighted by atomic mass is 9.86. The van der Waals surface area contributed by atoms with Gasteiger partial charge in [-0.15, -0.1) is 0 Å². The Labute approximate surface area is 82.3 Å².